The van der Waals surface area contributed by atoms with Crippen molar-refractivity contribution in [1.82, 2.24) is 19.1 Å². The summed E-state index contributed by atoms with van der Waals surface area (Å²) >= 11 is 0. The summed E-state index contributed by atoms with van der Waals surface area (Å²) < 4.78 is 44.8. The number of imidazole rings is 2. The average Bonchev–Trinajstić information content (AvgIpc) is 3.10. The Hall–Kier alpha value is -3.56. The topological polar surface area (TPSA) is 74.0 Å². The van der Waals surface area contributed by atoms with Crippen LogP contribution in [0.1, 0.15) is 17.3 Å². The number of alkyl halides is 3. The van der Waals surface area contributed by atoms with Crippen LogP contribution in [0.25, 0.3) is 22.1 Å². The van der Waals surface area contributed by atoms with E-state index in [4.69, 9.17) is 0 Å². The first-order valence-corrected chi connectivity index (χ1v) is 8.59. The Balaban J connectivity index is 1.71. The van der Waals surface area contributed by atoms with Gasteiger partial charge in [-0.05, 0) is 37.3 Å². The van der Waals surface area contributed by atoms with Crippen molar-refractivity contribution in [3.05, 3.63) is 42.0 Å². The number of fused-ring (bicyclic) bond motifs is 2. The molecule has 7 nitrogen and oxygen atoms in total. The summed E-state index contributed by atoms with van der Waals surface area (Å²) in [5.41, 5.74) is 2.98. The molecule has 0 aliphatic heterocycles. The van der Waals surface area contributed by atoms with Gasteiger partial charge in [0, 0.05) is 25.7 Å². The Bertz CT molecular complexity index is 1260. The number of nitrogens with one attached hydrogen (secondary N) is 1. The van der Waals surface area contributed by atoms with Crippen LogP contribution in [0.3, 0.4) is 0 Å². The predicted octanol–water partition coefficient (Wildman–Crippen LogP) is 4.30. The van der Waals surface area contributed by atoms with Crippen molar-refractivity contribution in [2.45, 2.75) is 13.3 Å². The van der Waals surface area contributed by atoms with Gasteiger partial charge in [0.2, 0.25) is 11.9 Å². The maximum atomic E-state index is 12.4. The second-order valence-electron chi connectivity index (χ2n) is 6.57. The SMILES string of the molecule is CC(=O)c1ccc2c(c1)nc(Nc1nc3cc(OC(F)(F)F)ccc3n1C)n2C. The molecule has 0 atom stereocenters. The molecule has 0 aliphatic rings. The number of aromatic nitrogens is 4. The zero-order chi connectivity index (χ0) is 20.9. The average molecular weight is 403 g/mol. The lowest BCUT2D eigenvalue weighted by molar-refractivity contribution is -0.274. The monoisotopic (exact) mass is 403 g/mol. The number of hydrogen-bond acceptors (Lipinski definition) is 5. The number of carbonyl (C=O) groups is 1. The normalized spacial score (nSPS) is 11.9. The number of Topliss-reactive ketones (excluding diaryl/α,β-unsaturated/α-hetero) is 1. The Labute approximate surface area is 162 Å². The van der Waals surface area contributed by atoms with Gasteiger partial charge in [0.05, 0.1) is 22.1 Å². The number of aryl methyl sites for hydroxylation is 2. The summed E-state index contributed by atoms with van der Waals surface area (Å²) in [5, 5.41) is 3.09. The van der Waals surface area contributed by atoms with E-state index >= 15 is 0 Å². The molecule has 150 valence electrons. The van der Waals surface area contributed by atoms with Crippen molar-refractivity contribution in [2.75, 3.05) is 5.32 Å². The first-order chi connectivity index (χ1) is 13.6. The molecule has 1 N–H and O–H groups in total. The van der Waals surface area contributed by atoms with E-state index in [0.29, 0.717) is 34.0 Å². The zero-order valence-corrected chi connectivity index (χ0v) is 15.7. The lowest BCUT2D eigenvalue weighted by atomic mass is 10.1. The molecule has 0 fully saturated rings. The maximum Gasteiger partial charge on any atom is 0.573 e. The second kappa shape index (κ2) is 6.50. The van der Waals surface area contributed by atoms with Gasteiger partial charge in [-0.3, -0.25) is 10.1 Å². The molecule has 0 saturated carbocycles. The third-order valence-electron chi connectivity index (χ3n) is 4.60. The highest BCUT2D eigenvalue weighted by atomic mass is 19.4. The Kier molecular flexibility index (Phi) is 4.21. The van der Waals surface area contributed by atoms with E-state index in [1.54, 1.807) is 34.4 Å². The molecule has 0 radical (unpaired) electrons. The van der Waals surface area contributed by atoms with Gasteiger partial charge >= 0.3 is 6.36 Å². The van der Waals surface area contributed by atoms with Crippen LogP contribution in [0.5, 0.6) is 5.75 Å². The van der Waals surface area contributed by atoms with Gasteiger partial charge in [0.15, 0.2) is 5.78 Å². The van der Waals surface area contributed by atoms with Gasteiger partial charge in [-0.15, -0.1) is 13.2 Å². The fourth-order valence-corrected chi connectivity index (χ4v) is 3.12. The van der Waals surface area contributed by atoms with Crippen molar-refractivity contribution in [3.8, 4) is 5.75 Å². The van der Waals surface area contributed by atoms with Crippen LogP contribution in [0.4, 0.5) is 25.1 Å². The van der Waals surface area contributed by atoms with E-state index in [1.807, 2.05) is 7.05 Å². The third kappa shape index (κ3) is 3.48. The van der Waals surface area contributed by atoms with Crippen molar-refractivity contribution in [3.63, 3.8) is 0 Å². The molecular formula is C19H16F3N5O2. The van der Waals surface area contributed by atoms with Gasteiger partial charge < -0.3 is 13.9 Å². The van der Waals surface area contributed by atoms with Crippen LogP contribution in [0.2, 0.25) is 0 Å². The number of ether oxygens (including phenoxy) is 1. The van der Waals surface area contributed by atoms with E-state index < -0.39 is 6.36 Å². The summed E-state index contributed by atoms with van der Waals surface area (Å²) in [6, 6.07) is 9.20. The quantitative estimate of drug-likeness (QED) is 0.514. The highest BCUT2D eigenvalue weighted by Crippen LogP contribution is 2.29. The molecule has 4 aromatic rings. The fraction of sp³-hybridized carbons (Fsp3) is 0.211. The molecule has 29 heavy (non-hydrogen) atoms. The van der Waals surface area contributed by atoms with Crippen molar-refractivity contribution in [1.29, 1.82) is 0 Å². The molecule has 0 spiro atoms. The largest absolute Gasteiger partial charge is 0.573 e. The van der Waals surface area contributed by atoms with E-state index in [0.717, 1.165) is 5.52 Å². The van der Waals surface area contributed by atoms with Gasteiger partial charge in [-0.25, -0.2) is 9.97 Å². The van der Waals surface area contributed by atoms with Crippen LogP contribution < -0.4 is 10.1 Å². The highest BCUT2D eigenvalue weighted by molar-refractivity contribution is 5.97. The predicted molar refractivity (Wildman–Crippen MR) is 101 cm³/mol. The van der Waals surface area contributed by atoms with Crippen LogP contribution in [-0.2, 0) is 14.1 Å². The first kappa shape index (κ1) is 18.8. The molecular weight excluding hydrogens is 387 g/mol. The van der Waals surface area contributed by atoms with Gasteiger partial charge in [0.1, 0.15) is 5.75 Å². The van der Waals surface area contributed by atoms with Crippen LogP contribution in [-0.4, -0.2) is 31.2 Å². The number of nitrogens with zero attached hydrogens (tertiary/aromatic N) is 4. The number of hydrogen-bond donors (Lipinski definition) is 1. The summed E-state index contributed by atoms with van der Waals surface area (Å²) in [4.78, 5) is 20.4. The fourth-order valence-electron chi connectivity index (χ4n) is 3.12. The molecule has 10 heteroatoms. The second-order valence-corrected chi connectivity index (χ2v) is 6.57. The Morgan fingerprint density at radius 1 is 0.966 bits per heavy atom. The highest BCUT2D eigenvalue weighted by Gasteiger charge is 2.31. The molecule has 4 rings (SSSR count). The van der Waals surface area contributed by atoms with E-state index in [1.165, 1.54) is 25.1 Å². The van der Waals surface area contributed by atoms with Crippen molar-refractivity contribution >= 4 is 39.7 Å². The molecule has 0 amide bonds. The molecule has 2 aromatic heterocycles. The first-order valence-electron chi connectivity index (χ1n) is 8.59. The lowest BCUT2D eigenvalue weighted by Gasteiger charge is -2.08. The molecule has 0 bridgehead atoms. The third-order valence-corrected chi connectivity index (χ3v) is 4.60. The summed E-state index contributed by atoms with van der Waals surface area (Å²) in [6.07, 6.45) is -4.77. The number of ketones is 1. The minimum atomic E-state index is -4.77. The summed E-state index contributed by atoms with van der Waals surface area (Å²) in [7, 11) is 3.54. The van der Waals surface area contributed by atoms with E-state index in [2.05, 4.69) is 20.0 Å². The standard InChI is InChI=1S/C19H16F3N5O2/c1-10(28)11-4-6-15-13(8-11)23-17(26(15)2)25-18-24-14-9-12(29-19(20,21)22)5-7-16(14)27(18)3/h4-9H,1-3H3,(H,23,24,25). The summed E-state index contributed by atoms with van der Waals surface area (Å²) in [6.45, 7) is 1.49. The minimum absolute atomic E-state index is 0.0562. The molecule has 0 aliphatic carbocycles. The number of anilines is 2. The smallest absolute Gasteiger partial charge is 0.406 e. The van der Waals surface area contributed by atoms with E-state index in [-0.39, 0.29) is 11.5 Å². The maximum absolute atomic E-state index is 12.4. The van der Waals surface area contributed by atoms with E-state index in [9.17, 15) is 18.0 Å². The van der Waals surface area contributed by atoms with Crippen LogP contribution >= 0.6 is 0 Å². The number of carbonyl (C=O) groups excluding carboxylic acids is 1. The van der Waals surface area contributed by atoms with Gasteiger partial charge in [-0.2, -0.15) is 0 Å². The minimum Gasteiger partial charge on any atom is -0.406 e. The van der Waals surface area contributed by atoms with Gasteiger partial charge in [0.25, 0.3) is 0 Å². The molecule has 0 saturated heterocycles. The molecule has 0 unspecified atom stereocenters. The molecule has 2 aromatic carbocycles. The van der Waals surface area contributed by atoms with Crippen molar-refractivity contribution in [2.24, 2.45) is 14.1 Å². The molecule has 2 heterocycles. The zero-order valence-electron chi connectivity index (χ0n) is 15.7. The lowest BCUT2D eigenvalue weighted by Crippen LogP contribution is -2.16. The number of rotatable bonds is 4. The Morgan fingerprint density at radius 3 is 2.07 bits per heavy atom. The van der Waals surface area contributed by atoms with Crippen LogP contribution in [0.15, 0.2) is 36.4 Å². The van der Waals surface area contributed by atoms with Crippen molar-refractivity contribution < 1.29 is 22.7 Å². The Morgan fingerprint density at radius 2 is 1.52 bits per heavy atom. The number of benzene rings is 2. The summed E-state index contributed by atoms with van der Waals surface area (Å²) in [5.74, 6) is 0.480. The van der Waals surface area contributed by atoms with Gasteiger partial charge in [-0.1, -0.05) is 0 Å². The number of halogens is 3. The van der Waals surface area contributed by atoms with Crippen LogP contribution in [0, 0.1) is 0 Å².